The SMILES string of the molecule is CC1(C)C(=O)N(CCCO)c2c3c(c(O)c(=O)n21)C(=O)N(Cc1ccc(F)c(Cl)c1)CC3. The molecule has 170 valence electrons. The number of nitrogens with zero attached hydrogens (tertiary/aromatic N) is 3. The lowest BCUT2D eigenvalue weighted by molar-refractivity contribution is -0.123. The third-order valence-electron chi connectivity index (χ3n) is 6.04. The molecule has 0 unspecified atom stereocenters. The van der Waals surface area contributed by atoms with Gasteiger partial charge in [-0.3, -0.25) is 23.9 Å². The fourth-order valence-electron chi connectivity index (χ4n) is 4.44. The van der Waals surface area contributed by atoms with Crippen LogP contribution in [-0.2, 0) is 23.3 Å². The number of anilines is 1. The van der Waals surface area contributed by atoms with Crippen LogP contribution >= 0.6 is 11.6 Å². The number of halogens is 2. The summed E-state index contributed by atoms with van der Waals surface area (Å²) < 4.78 is 14.7. The van der Waals surface area contributed by atoms with Gasteiger partial charge in [-0.1, -0.05) is 17.7 Å². The van der Waals surface area contributed by atoms with Crippen LogP contribution in [0.4, 0.5) is 10.2 Å². The Balaban J connectivity index is 1.80. The summed E-state index contributed by atoms with van der Waals surface area (Å²) >= 11 is 5.84. The molecule has 0 aliphatic carbocycles. The first-order valence-corrected chi connectivity index (χ1v) is 10.6. The molecule has 2 N–H and O–H groups in total. The van der Waals surface area contributed by atoms with E-state index in [-0.39, 0.29) is 42.7 Å². The zero-order chi connectivity index (χ0) is 23.4. The molecule has 0 bridgehead atoms. The number of pyridine rings is 1. The zero-order valence-corrected chi connectivity index (χ0v) is 18.4. The van der Waals surface area contributed by atoms with Gasteiger partial charge in [0.1, 0.15) is 17.2 Å². The van der Waals surface area contributed by atoms with E-state index in [1.807, 2.05) is 0 Å². The number of carbonyl (C=O) groups is 2. The quantitative estimate of drug-likeness (QED) is 0.706. The number of fused-ring (bicyclic) bond motifs is 3. The van der Waals surface area contributed by atoms with Crippen molar-refractivity contribution in [2.45, 2.75) is 38.8 Å². The van der Waals surface area contributed by atoms with Crippen LogP contribution in [0.25, 0.3) is 0 Å². The number of carbonyl (C=O) groups excluding carboxylic acids is 2. The van der Waals surface area contributed by atoms with E-state index in [2.05, 4.69) is 0 Å². The molecule has 10 heteroatoms. The first-order valence-electron chi connectivity index (χ1n) is 10.3. The highest BCUT2D eigenvalue weighted by Gasteiger charge is 2.48. The van der Waals surface area contributed by atoms with E-state index in [0.717, 1.165) is 0 Å². The fourth-order valence-corrected chi connectivity index (χ4v) is 4.65. The molecule has 1 aromatic carbocycles. The molecule has 2 aromatic rings. The van der Waals surface area contributed by atoms with Crippen molar-refractivity contribution in [3.05, 3.63) is 56.1 Å². The Morgan fingerprint density at radius 2 is 1.94 bits per heavy atom. The molecule has 0 fully saturated rings. The third-order valence-corrected chi connectivity index (χ3v) is 6.33. The second-order valence-corrected chi connectivity index (χ2v) is 8.89. The maximum atomic E-state index is 13.5. The first-order chi connectivity index (χ1) is 15.1. The van der Waals surface area contributed by atoms with Crippen LogP contribution in [0.5, 0.6) is 5.75 Å². The van der Waals surface area contributed by atoms with Crippen molar-refractivity contribution in [2.75, 3.05) is 24.6 Å². The Bertz CT molecular complexity index is 1190. The van der Waals surface area contributed by atoms with Gasteiger partial charge < -0.3 is 15.1 Å². The number of aliphatic hydroxyl groups excluding tert-OH is 1. The first kappa shape index (κ1) is 22.3. The molecule has 0 saturated heterocycles. The normalized spacial score (nSPS) is 17.0. The lowest BCUT2D eigenvalue weighted by Crippen LogP contribution is -2.42. The number of aromatic hydroxyl groups is 1. The van der Waals surface area contributed by atoms with Crippen LogP contribution in [0.3, 0.4) is 0 Å². The molecule has 2 amide bonds. The smallest absolute Gasteiger partial charge is 0.296 e. The minimum atomic E-state index is -1.24. The number of amides is 2. The molecule has 0 radical (unpaired) electrons. The van der Waals surface area contributed by atoms with Crippen molar-refractivity contribution in [1.82, 2.24) is 9.47 Å². The minimum absolute atomic E-state index is 0.0634. The maximum Gasteiger partial charge on any atom is 0.296 e. The van der Waals surface area contributed by atoms with Crippen LogP contribution in [-0.4, -0.2) is 51.2 Å². The van der Waals surface area contributed by atoms with Crippen LogP contribution < -0.4 is 10.5 Å². The summed E-state index contributed by atoms with van der Waals surface area (Å²) in [5.41, 5.74) is -1.15. The molecule has 0 atom stereocenters. The van der Waals surface area contributed by atoms with E-state index in [1.54, 1.807) is 13.8 Å². The fraction of sp³-hybridized carbons (Fsp3) is 0.409. The number of hydrogen-bond acceptors (Lipinski definition) is 5. The van der Waals surface area contributed by atoms with Crippen molar-refractivity contribution < 1.29 is 24.2 Å². The zero-order valence-electron chi connectivity index (χ0n) is 17.7. The molecule has 1 aromatic heterocycles. The summed E-state index contributed by atoms with van der Waals surface area (Å²) in [6.45, 7) is 3.60. The Morgan fingerprint density at radius 3 is 2.59 bits per heavy atom. The Hall–Kier alpha value is -2.91. The standard InChI is InChI=1S/C22H23ClFN3O5/c1-22(2)21(32)26(7-3-9-28)18-13-6-8-25(11-12-4-5-15(24)14(23)10-12)19(30)16(13)17(29)20(31)27(18)22/h4-5,10,28-29H,3,6-9,11H2,1-2H3. The predicted molar refractivity (Wildman–Crippen MR) is 116 cm³/mol. The van der Waals surface area contributed by atoms with Crippen LogP contribution in [0.1, 0.15) is 41.8 Å². The van der Waals surface area contributed by atoms with Crippen molar-refractivity contribution in [3.8, 4) is 5.75 Å². The summed E-state index contributed by atoms with van der Waals surface area (Å²) in [7, 11) is 0. The monoisotopic (exact) mass is 463 g/mol. The second kappa shape index (κ2) is 7.90. The van der Waals surface area contributed by atoms with Gasteiger partial charge in [0.2, 0.25) is 0 Å². The molecule has 3 heterocycles. The lowest BCUT2D eigenvalue weighted by Gasteiger charge is -2.31. The summed E-state index contributed by atoms with van der Waals surface area (Å²) in [5.74, 6) is -1.86. The van der Waals surface area contributed by atoms with Crippen LogP contribution in [0.15, 0.2) is 23.0 Å². The molecular formula is C22H23ClFN3O5. The minimum Gasteiger partial charge on any atom is -0.502 e. The molecule has 0 spiro atoms. The Labute approximate surface area is 188 Å². The number of aromatic nitrogens is 1. The number of benzene rings is 1. The Morgan fingerprint density at radius 1 is 1.22 bits per heavy atom. The van der Waals surface area contributed by atoms with E-state index in [1.165, 1.54) is 32.6 Å². The average Bonchev–Trinajstić information content (AvgIpc) is 2.94. The van der Waals surface area contributed by atoms with E-state index in [4.69, 9.17) is 11.6 Å². The summed E-state index contributed by atoms with van der Waals surface area (Å²) in [6, 6.07) is 4.15. The van der Waals surface area contributed by atoms with Crippen LogP contribution in [0.2, 0.25) is 5.02 Å². The predicted octanol–water partition coefficient (Wildman–Crippen LogP) is 2.01. The third kappa shape index (κ3) is 3.27. The van der Waals surface area contributed by atoms with Gasteiger partial charge in [0.25, 0.3) is 17.4 Å². The topological polar surface area (TPSA) is 103 Å². The van der Waals surface area contributed by atoms with Gasteiger partial charge >= 0.3 is 0 Å². The van der Waals surface area contributed by atoms with E-state index < -0.39 is 28.6 Å². The van der Waals surface area contributed by atoms with Crippen LogP contribution in [0, 0.1) is 5.82 Å². The summed E-state index contributed by atoms with van der Waals surface area (Å²) in [4.78, 5) is 42.2. The molecule has 32 heavy (non-hydrogen) atoms. The molecule has 4 rings (SSSR count). The van der Waals surface area contributed by atoms with Gasteiger partial charge in [-0.05, 0) is 44.4 Å². The Kier molecular flexibility index (Phi) is 5.50. The molecule has 2 aliphatic rings. The van der Waals surface area contributed by atoms with Gasteiger partial charge in [-0.15, -0.1) is 0 Å². The van der Waals surface area contributed by atoms with E-state index in [9.17, 15) is 29.0 Å². The summed E-state index contributed by atoms with van der Waals surface area (Å²) in [6.07, 6.45) is 0.606. The molecular weight excluding hydrogens is 441 g/mol. The number of hydrogen-bond donors (Lipinski definition) is 2. The van der Waals surface area contributed by atoms with Crippen molar-refractivity contribution >= 4 is 29.2 Å². The lowest BCUT2D eigenvalue weighted by atomic mass is 9.97. The molecule has 8 nitrogen and oxygen atoms in total. The van der Waals surface area contributed by atoms with Crippen molar-refractivity contribution in [2.24, 2.45) is 0 Å². The largest absolute Gasteiger partial charge is 0.502 e. The molecule has 2 aliphatic heterocycles. The second-order valence-electron chi connectivity index (χ2n) is 8.48. The van der Waals surface area contributed by atoms with Gasteiger partial charge in [0, 0.05) is 31.8 Å². The number of aliphatic hydroxyl groups is 1. The highest BCUT2D eigenvalue weighted by atomic mass is 35.5. The number of rotatable bonds is 5. The van der Waals surface area contributed by atoms with E-state index >= 15 is 0 Å². The summed E-state index contributed by atoms with van der Waals surface area (Å²) in [5, 5.41) is 19.9. The highest BCUT2D eigenvalue weighted by Crippen LogP contribution is 2.41. The van der Waals surface area contributed by atoms with Gasteiger partial charge in [-0.2, -0.15) is 0 Å². The molecule has 0 saturated carbocycles. The van der Waals surface area contributed by atoms with E-state index in [0.29, 0.717) is 29.8 Å². The van der Waals surface area contributed by atoms with Crippen molar-refractivity contribution in [3.63, 3.8) is 0 Å². The van der Waals surface area contributed by atoms with Gasteiger partial charge in [0.15, 0.2) is 5.75 Å². The van der Waals surface area contributed by atoms with Crippen molar-refractivity contribution in [1.29, 1.82) is 0 Å². The maximum absolute atomic E-state index is 13.5. The highest BCUT2D eigenvalue weighted by molar-refractivity contribution is 6.30. The van der Waals surface area contributed by atoms with Gasteiger partial charge in [0.05, 0.1) is 10.6 Å². The van der Waals surface area contributed by atoms with Gasteiger partial charge in [-0.25, -0.2) is 4.39 Å². The average molecular weight is 464 g/mol.